The Morgan fingerprint density at radius 3 is 2.57 bits per heavy atom. The normalized spacial score (nSPS) is 11.1. The summed E-state index contributed by atoms with van der Waals surface area (Å²) in [6.07, 6.45) is 0.802. The van der Waals surface area contributed by atoms with Crippen LogP contribution in [0.4, 0.5) is 0 Å². The van der Waals surface area contributed by atoms with E-state index in [9.17, 15) is 0 Å². The van der Waals surface area contributed by atoms with Crippen molar-refractivity contribution < 1.29 is 0 Å². The molecular weight excluding hydrogens is 384 g/mol. The lowest BCUT2D eigenvalue weighted by molar-refractivity contribution is 0.651. The molecule has 2 aromatic carbocycles. The molecule has 0 amide bonds. The second-order valence-electron chi connectivity index (χ2n) is 6.55. The first-order chi connectivity index (χ1) is 13.7. The van der Waals surface area contributed by atoms with Gasteiger partial charge in [-0.1, -0.05) is 66.4 Å². The lowest BCUT2D eigenvalue weighted by Gasteiger charge is -2.07. The van der Waals surface area contributed by atoms with Crippen molar-refractivity contribution in [2.75, 3.05) is 0 Å². The molecule has 142 valence electrons. The predicted octanol–water partition coefficient (Wildman–Crippen LogP) is 5.61. The van der Waals surface area contributed by atoms with E-state index in [0.717, 1.165) is 40.4 Å². The van der Waals surface area contributed by atoms with Gasteiger partial charge in [-0.2, -0.15) is 0 Å². The maximum Gasteiger partial charge on any atom is 0.191 e. The second-order valence-corrected chi connectivity index (χ2v) is 8.35. The topological polar surface area (TPSA) is 43.6 Å². The minimum Gasteiger partial charge on any atom is -0.306 e. The van der Waals surface area contributed by atoms with E-state index in [1.165, 1.54) is 16.7 Å². The Labute approximate surface area is 173 Å². The van der Waals surface area contributed by atoms with Crippen molar-refractivity contribution in [3.05, 3.63) is 82.6 Å². The molecule has 2 heterocycles. The van der Waals surface area contributed by atoms with E-state index >= 15 is 0 Å². The van der Waals surface area contributed by atoms with Gasteiger partial charge in [0.15, 0.2) is 5.16 Å². The highest BCUT2D eigenvalue weighted by atomic mass is 32.2. The fourth-order valence-electron chi connectivity index (χ4n) is 3.10. The van der Waals surface area contributed by atoms with Crippen LogP contribution in [0.3, 0.4) is 0 Å². The molecule has 28 heavy (non-hydrogen) atoms. The minimum absolute atomic E-state index is 0.797. The van der Waals surface area contributed by atoms with Gasteiger partial charge in [-0.15, -0.1) is 21.5 Å². The predicted molar refractivity (Wildman–Crippen MR) is 117 cm³/mol. The van der Waals surface area contributed by atoms with Crippen molar-refractivity contribution in [3.8, 4) is 10.6 Å². The molecule has 6 heteroatoms. The molecule has 4 aromatic rings. The summed E-state index contributed by atoms with van der Waals surface area (Å²) in [5.74, 6) is 1.81. The third-order valence-corrected chi connectivity index (χ3v) is 6.52. The monoisotopic (exact) mass is 406 g/mol. The number of thioether (sulfide) groups is 1. The van der Waals surface area contributed by atoms with Gasteiger partial charge >= 0.3 is 0 Å². The van der Waals surface area contributed by atoms with E-state index in [0.29, 0.717) is 0 Å². The first kappa shape index (κ1) is 18.9. The minimum atomic E-state index is 0.797. The van der Waals surface area contributed by atoms with Crippen LogP contribution in [0.2, 0.25) is 0 Å². The van der Waals surface area contributed by atoms with Gasteiger partial charge in [0, 0.05) is 29.7 Å². The first-order valence-electron chi connectivity index (χ1n) is 9.33. The van der Waals surface area contributed by atoms with Crippen molar-refractivity contribution in [2.24, 2.45) is 0 Å². The average Bonchev–Trinajstić information content (AvgIpc) is 3.34. The van der Waals surface area contributed by atoms with Crippen LogP contribution >= 0.6 is 23.1 Å². The SMILES string of the molecule is CCn1c(Cc2ccccc2)nnc1SCc1csc(-c2ccccc2C)n1. The Balaban J connectivity index is 1.46. The van der Waals surface area contributed by atoms with Crippen LogP contribution < -0.4 is 0 Å². The van der Waals surface area contributed by atoms with Gasteiger partial charge in [0.1, 0.15) is 10.8 Å². The van der Waals surface area contributed by atoms with E-state index in [-0.39, 0.29) is 0 Å². The summed E-state index contributed by atoms with van der Waals surface area (Å²) in [6.45, 7) is 5.13. The molecule has 0 aliphatic heterocycles. The van der Waals surface area contributed by atoms with Crippen molar-refractivity contribution in [2.45, 2.75) is 37.7 Å². The van der Waals surface area contributed by atoms with Gasteiger partial charge in [0.05, 0.1) is 5.69 Å². The lowest BCUT2D eigenvalue weighted by Crippen LogP contribution is -2.04. The molecule has 0 spiro atoms. The zero-order chi connectivity index (χ0) is 19.3. The lowest BCUT2D eigenvalue weighted by atomic mass is 10.1. The van der Waals surface area contributed by atoms with E-state index in [4.69, 9.17) is 4.98 Å². The molecule has 0 bridgehead atoms. The van der Waals surface area contributed by atoms with E-state index < -0.39 is 0 Å². The molecule has 4 rings (SSSR count). The van der Waals surface area contributed by atoms with Crippen LogP contribution in [-0.2, 0) is 18.7 Å². The molecule has 0 saturated heterocycles. The maximum atomic E-state index is 4.83. The van der Waals surface area contributed by atoms with Crippen molar-refractivity contribution in [3.63, 3.8) is 0 Å². The van der Waals surface area contributed by atoms with Crippen molar-refractivity contribution in [1.82, 2.24) is 19.7 Å². The summed E-state index contributed by atoms with van der Waals surface area (Å²) < 4.78 is 2.20. The Bertz CT molecular complexity index is 1050. The molecule has 0 saturated carbocycles. The number of rotatable bonds is 7. The molecule has 0 unspecified atom stereocenters. The van der Waals surface area contributed by atoms with Crippen LogP contribution in [0.15, 0.2) is 65.1 Å². The third kappa shape index (κ3) is 4.18. The maximum absolute atomic E-state index is 4.83. The van der Waals surface area contributed by atoms with Crippen molar-refractivity contribution >= 4 is 23.1 Å². The number of thiazole rings is 1. The largest absolute Gasteiger partial charge is 0.306 e. The highest BCUT2D eigenvalue weighted by Gasteiger charge is 2.13. The summed E-state index contributed by atoms with van der Waals surface area (Å²) in [4.78, 5) is 4.83. The van der Waals surface area contributed by atoms with Gasteiger partial charge < -0.3 is 4.57 Å². The smallest absolute Gasteiger partial charge is 0.191 e. The fraction of sp³-hybridized carbons (Fsp3) is 0.227. The summed E-state index contributed by atoms with van der Waals surface area (Å²) in [7, 11) is 0. The molecule has 0 radical (unpaired) electrons. The van der Waals surface area contributed by atoms with Gasteiger partial charge in [0.25, 0.3) is 0 Å². The van der Waals surface area contributed by atoms with E-state index in [1.54, 1.807) is 23.1 Å². The fourth-order valence-corrected chi connectivity index (χ4v) is 5.03. The molecule has 0 N–H and O–H groups in total. The van der Waals surface area contributed by atoms with Crippen LogP contribution in [0, 0.1) is 6.92 Å². The van der Waals surface area contributed by atoms with Crippen molar-refractivity contribution in [1.29, 1.82) is 0 Å². The van der Waals surface area contributed by atoms with E-state index in [2.05, 4.69) is 82.5 Å². The highest BCUT2D eigenvalue weighted by molar-refractivity contribution is 7.98. The number of nitrogens with zero attached hydrogens (tertiary/aromatic N) is 4. The summed E-state index contributed by atoms with van der Waals surface area (Å²) >= 11 is 3.40. The molecule has 0 aliphatic rings. The number of benzene rings is 2. The first-order valence-corrected chi connectivity index (χ1v) is 11.2. The molecule has 0 fully saturated rings. The quantitative estimate of drug-likeness (QED) is 0.374. The van der Waals surface area contributed by atoms with Crippen LogP contribution in [0.5, 0.6) is 0 Å². The standard InChI is InChI=1S/C22H22N4S2/c1-3-26-20(13-17-10-5-4-6-11-17)24-25-22(26)28-15-18-14-27-21(23-18)19-12-8-7-9-16(19)2/h4-12,14H,3,13,15H2,1-2H3. The Hall–Kier alpha value is -2.44. The average molecular weight is 407 g/mol. The molecular formula is C22H22N4S2. The van der Waals surface area contributed by atoms with Gasteiger partial charge in [0.2, 0.25) is 0 Å². The van der Waals surface area contributed by atoms with Crippen LogP contribution in [-0.4, -0.2) is 19.7 Å². The van der Waals surface area contributed by atoms with Crippen LogP contribution in [0.25, 0.3) is 10.6 Å². The molecule has 4 nitrogen and oxygen atoms in total. The third-order valence-electron chi connectivity index (χ3n) is 4.59. The summed E-state index contributed by atoms with van der Waals surface area (Å²) in [5.41, 5.74) is 4.81. The van der Waals surface area contributed by atoms with Gasteiger partial charge in [-0.05, 0) is 25.0 Å². The van der Waals surface area contributed by atoms with Gasteiger partial charge in [-0.25, -0.2) is 4.98 Å². The van der Waals surface area contributed by atoms with E-state index in [1.807, 2.05) is 6.07 Å². The number of hydrogen-bond acceptors (Lipinski definition) is 5. The Morgan fingerprint density at radius 2 is 1.79 bits per heavy atom. The molecule has 2 aromatic heterocycles. The summed E-state index contributed by atoms with van der Waals surface area (Å²) in [5, 5.41) is 13.0. The van der Waals surface area contributed by atoms with Crippen LogP contribution in [0.1, 0.15) is 29.6 Å². The second kappa shape index (κ2) is 8.71. The number of aromatic nitrogens is 4. The number of aryl methyl sites for hydroxylation is 1. The molecule has 0 aliphatic carbocycles. The molecule has 0 atom stereocenters. The Kier molecular flexibility index (Phi) is 5.88. The summed E-state index contributed by atoms with van der Waals surface area (Å²) in [6, 6.07) is 18.8. The zero-order valence-electron chi connectivity index (χ0n) is 16.0. The van der Waals surface area contributed by atoms with Gasteiger partial charge in [-0.3, -0.25) is 0 Å². The zero-order valence-corrected chi connectivity index (χ0v) is 17.6. The Morgan fingerprint density at radius 1 is 1.00 bits per heavy atom. The number of hydrogen-bond donors (Lipinski definition) is 0. The highest BCUT2D eigenvalue weighted by Crippen LogP contribution is 2.29.